The first-order valence-electron chi connectivity index (χ1n) is 7.61. The summed E-state index contributed by atoms with van der Waals surface area (Å²) in [5.74, 6) is 0.238. The Bertz CT molecular complexity index is 634. The lowest BCUT2D eigenvalue weighted by atomic mass is 9.92. The second kappa shape index (κ2) is 8.38. The van der Waals surface area contributed by atoms with Gasteiger partial charge in [0.25, 0.3) is 0 Å². The van der Waals surface area contributed by atoms with Gasteiger partial charge in [0.1, 0.15) is 10.0 Å². The van der Waals surface area contributed by atoms with Gasteiger partial charge in [-0.25, -0.2) is 0 Å². The lowest BCUT2D eigenvalue weighted by molar-refractivity contribution is -0.126. The third kappa shape index (κ3) is 4.73. The van der Waals surface area contributed by atoms with Crippen molar-refractivity contribution in [3.63, 3.8) is 0 Å². The minimum absolute atomic E-state index is 0. The highest BCUT2D eigenvalue weighted by molar-refractivity contribution is 7.14. The largest absolute Gasteiger partial charge is 0.349 e. The monoisotopic (exact) mass is 352 g/mol. The molecule has 2 aromatic rings. The molecule has 1 saturated heterocycles. The Morgan fingerprint density at radius 2 is 2.13 bits per heavy atom. The van der Waals surface area contributed by atoms with E-state index in [-0.39, 0.29) is 24.2 Å². The Morgan fingerprint density at radius 1 is 1.35 bits per heavy atom. The second-order valence-electron chi connectivity index (χ2n) is 5.66. The molecular formula is C16H21ClN4OS. The van der Waals surface area contributed by atoms with Crippen LogP contribution in [0.2, 0.25) is 0 Å². The lowest BCUT2D eigenvalue weighted by Gasteiger charge is -2.26. The number of piperidine rings is 1. The molecule has 2 N–H and O–H groups in total. The number of halogens is 1. The zero-order valence-electron chi connectivity index (χ0n) is 13.0. The van der Waals surface area contributed by atoms with Crippen LogP contribution in [0.4, 0.5) is 0 Å². The van der Waals surface area contributed by atoms with Gasteiger partial charge < -0.3 is 10.6 Å². The topological polar surface area (TPSA) is 66.9 Å². The second-order valence-corrected chi connectivity index (χ2v) is 6.72. The molecule has 1 aliphatic heterocycles. The Morgan fingerprint density at radius 3 is 2.87 bits per heavy atom. The Labute approximate surface area is 146 Å². The van der Waals surface area contributed by atoms with Crippen molar-refractivity contribution in [2.24, 2.45) is 5.92 Å². The lowest BCUT2D eigenvalue weighted by Crippen LogP contribution is -2.42. The highest BCUT2D eigenvalue weighted by Crippen LogP contribution is 2.23. The molecule has 1 amide bonds. The molecule has 7 heteroatoms. The van der Waals surface area contributed by atoms with E-state index >= 15 is 0 Å². The van der Waals surface area contributed by atoms with Crippen LogP contribution in [-0.2, 0) is 11.3 Å². The summed E-state index contributed by atoms with van der Waals surface area (Å²) < 4.78 is 0. The molecule has 0 unspecified atom stereocenters. The molecule has 2 atom stereocenters. The van der Waals surface area contributed by atoms with E-state index in [1.165, 1.54) is 11.3 Å². The number of carbonyl (C=O) groups is 1. The van der Waals surface area contributed by atoms with Gasteiger partial charge in [-0.2, -0.15) is 0 Å². The number of nitrogens with one attached hydrogen (secondary N) is 2. The molecule has 124 valence electrons. The van der Waals surface area contributed by atoms with Crippen molar-refractivity contribution in [1.82, 2.24) is 20.8 Å². The van der Waals surface area contributed by atoms with E-state index in [0.29, 0.717) is 12.6 Å². The number of hydrogen-bond acceptors (Lipinski definition) is 5. The molecule has 5 nitrogen and oxygen atoms in total. The standard InChI is InChI=1S/C16H20N4OS.ClH/c1-11-9-13(7-8-17-11)15(21)18-10-14-19-20-16(22-14)12-5-3-2-4-6-12;/h2-6,11,13,17H,7-10H2,1H3,(H,18,21);1H/t11-,13-;/m0./s1. The molecule has 1 fully saturated rings. The van der Waals surface area contributed by atoms with Crippen molar-refractivity contribution in [2.45, 2.75) is 32.4 Å². The summed E-state index contributed by atoms with van der Waals surface area (Å²) in [7, 11) is 0. The molecule has 1 aliphatic rings. The third-order valence-electron chi connectivity index (χ3n) is 3.90. The summed E-state index contributed by atoms with van der Waals surface area (Å²) in [6, 6.07) is 10.4. The molecular weight excluding hydrogens is 332 g/mol. The van der Waals surface area contributed by atoms with Crippen LogP contribution in [0.5, 0.6) is 0 Å². The third-order valence-corrected chi connectivity index (χ3v) is 4.87. The van der Waals surface area contributed by atoms with Gasteiger partial charge in [0.15, 0.2) is 0 Å². The fourth-order valence-corrected chi connectivity index (χ4v) is 3.48. The first-order chi connectivity index (χ1) is 10.7. The fraction of sp³-hybridized carbons (Fsp3) is 0.438. The highest BCUT2D eigenvalue weighted by atomic mass is 35.5. The first-order valence-corrected chi connectivity index (χ1v) is 8.43. The van der Waals surface area contributed by atoms with Gasteiger partial charge in [-0.15, -0.1) is 22.6 Å². The van der Waals surface area contributed by atoms with Crippen LogP contribution < -0.4 is 10.6 Å². The number of hydrogen-bond donors (Lipinski definition) is 2. The predicted octanol–water partition coefficient (Wildman–Crippen LogP) is 2.63. The van der Waals surface area contributed by atoms with Crippen LogP contribution in [-0.4, -0.2) is 28.7 Å². The van der Waals surface area contributed by atoms with Crippen molar-refractivity contribution in [3.8, 4) is 10.6 Å². The van der Waals surface area contributed by atoms with Crippen LogP contribution in [0.15, 0.2) is 30.3 Å². The van der Waals surface area contributed by atoms with Gasteiger partial charge >= 0.3 is 0 Å². The minimum Gasteiger partial charge on any atom is -0.349 e. The summed E-state index contributed by atoms with van der Waals surface area (Å²) in [4.78, 5) is 12.2. The van der Waals surface area contributed by atoms with E-state index in [2.05, 4.69) is 27.8 Å². The van der Waals surface area contributed by atoms with Crippen molar-refractivity contribution < 1.29 is 4.79 Å². The van der Waals surface area contributed by atoms with E-state index in [1.54, 1.807) is 0 Å². The maximum Gasteiger partial charge on any atom is 0.223 e. The minimum atomic E-state index is 0. The van der Waals surface area contributed by atoms with Crippen molar-refractivity contribution in [3.05, 3.63) is 35.3 Å². The highest BCUT2D eigenvalue weighted by Gasteiger charge is 2.24. The average molecular weight is 353 g/mol. The van der Waals surface area contributed by atoms with Gasteiger partial charge in [0, 0.05) is 17.5 Å². The van der Waals surface area contributed by atoms with Crippen molar-refractivity contribution in [1.29, 1.82) is 0 Å². The van der Waals surface area contributed by atoms with Gasteiger partial charge in [0.2, 0.25) is 5.91 Å². The Balaban J connectivity index is 0.00000192. The van der Waals surface area contributed by atoms with Crippen molar-refractivity contribution in [2.75, 3.05) is 6.54 Å². The Hall–Kier alpha value is -1.50. The Kier molecular flexibility index (Phi) is 6.50. The van der Waals surface area contributed by atoms with Gasteiger partial charge in [-0.1, -0.05) is 41.7 Å². The van der Waals surface area contributed by atoms with E-state index in [1.807, 2.05) is 30.3 Å². The van der Waals surface area contributed by atoms with Crippen LogP contribution in [0.3, 0.4) is 0 Å². The van der Waals surface area contributed by atoms with E-state index < -0.39 is 0 Å². The maximum absolute atomic E-state index is 12.2. The molecule has 23 heavy (non-hydrogen) atoms. The van der Waals surface area contributed by atoms with Gasteiger partial charge in [-0.3, -0.25) is 4.79 Å². The van der Waals surface area contributed by atoms with Crippen LogP contribution in [0.1, 0.15) is 24.8 Å². The van der Waals surface area contributed by atoms with Crippen LogP contribution in [0.25, 0.3) is 10.6 Å². The van der Waals surface area contributed by atoms with Gasteiger partial charge in [-0.05, 0) is 26.3 Å². The SMILES string of the molecule is C[C@H]1C[C@@H](C(=O)NCc2nnc(-c3ccccc3)s2)CCN1.Cl. The maximum atomic E-state index is 12.2. The van der Waals surface area contributed by atoms with Crippen molar-refractivity contribution >= 4 is 29.7 Å². The number of benzene rings is 1. The fourth-order valence-electron chi connectivity index (χ4n) is 2.70. The number of nitrogens with zero attached hydrogens (tertiary/aromatic N) is 2. The quantitative estimate of drug-likeness (QED) is 0.887. The normalized spacial score (nSPS) is 20.6. The summed E-state index contributed by atoms with van der Waals surface area (Å²) in [5.41, 5.74) is 1.06. The molecule has 1 aromatic carbocycles. The molecule has 1 aromatic heterocycles. The molecule has 0 radical (unpaired) electrons. The molecule has 0 spiro atoms. The molecule has 0 bridgehead atoms. The van der Waals surface area contributed by atoms with E-state index in [9.17, 15) is 4.79 Å². The zero-order valence-corrected chi connectivity index (χ0v) is 14.6. The molecule has 2 heterocycles. The number of aromatic nitrogens is 2. The molecule has 0 saturated carbocycles. The predicted molar refractivity (Wildman–Crippen MR) is 94.6 cm³/mol. The zero-order chi connectivity index (χ0) is 15.4. The summed E-state index contributed by atoms with van der Waals surface area (Å²) in [5, 5.41) is 16.5. The summed E-state index contributed by atoms with van der Waals surface area (Å²) >= 11 is 1.53. The summed E-state index contributed by atoms with van der Waals surface area (Å²) in [6.45, 7) is 3.49. The van der Waals surface area contributed by atoms with Crippen LogP contribution >= 0.6 is 23.7 Å². The molecule has 0 aliphatic carbocycles. The summed E-state index contributed by atoms with van der Waals surface area (Å²) in [6.07, 6.45) is 1.80. The van der Waals surface area contributed by atoms with Gasteiger partial charge in [0.05, 0.1) is 6.54 Å². The smallest absolute Gasteiger partial charge is 0.223 e. The van der Waals surface area contributed by atoms with E-state index in [0.717, 1.165) is 35.0 Å². The first kappa shape index (κ1) is 17.8. The van der Waals surface area contributed by atoms with Crippen LogP contribution in [0, 0.1) is 5.92 Å². The average Bonchev–Trinajstić information content (AvgIpc) is 3.02. The number of carbonyl (C=O) groups excluding carboxylic acids is 1. The van der Waals surface area contributed by atoms with E-state index in [4.69, 9.17) is 0 Å². The number of rotatable bonds is 4. The molecule has 3 rings (SSSR count). The number of amides is 1.